The van der Waals surface area contributed by atoms with Gasteiger partial charge in [0.05, 0.1) is 4.90 Å². The number of sulfonamides is 1. The molecule has 1 aliphatic carbocycles. The number of rotatable bonds is 7. The van der Waals surface area contributed by atoms with Crippen molar-refractivity contribution >= 4 is 27.7 Å². The minimum atomic E-state index is -3.59. The van der Waals surface area contributed by atoms with Crippen molar-refractivity contribution in [1.29, 1.82) is 0 Å². The lowest BCUT2D eigenvalue weighted by Crippen LogP contribution is -2.37. The molecule has 9 heteroatoms. The van der Waals surface area contributed by atoms with Crippen molar-refractivity contribution in [3.8, 4) is 0 Å². The van der Waals surface area contributed by atoms with Crippen LogP contribution in [0.4, 0.5) is 10.5 Å². The summed E-state index contributed by atoms with van der Waals surface area (Å²) in [6.45, 7) is 7.85. The van der Waals surface area contributed by atoms with Crippen LogP contribution in [0.3, 0.4) is 0 Å². The lowest BCUT2D eigenvalue weighted by Gasteiger charge is -2.29. The second-order valence-corrected chi connectivity index (χ2v) is 10.6. The van der Waals surface area contributed by atoms with Crippen LogP contribution in [0.1, 0.15) is 53.4 Å². The van der Waals surface area contributed by atoms with Gasteiger partial charge in [0.1, 0.15) is 5.60 Å². The number of ether oxygens (including phenoxy) is 1. The van der Waals surface area contributed by atoms with Crippen LogP contribution in [0.15, 0.2) is 29.2 Å². The molecule has 0 unspecified atom stereocenters. The summed E-state index contributed by atoms with van der Waals surface area (Å²) in [7, 11) is -3.59. The van der Waals surface area contributed by atoms with Gasteiger partial charge < -0.3 is 15.4 Å². The maximum absolute atomic E-state index is 12.5. The zero-order chi connectivity index (χ0) is 22.4. The third kappa shape index (κ3) is 8.31. The van der Waals surface area contributed by atoms with Gasteiger partial charge in [-0.1, -0.05) is 0 Å². The van der Waals surface area contributed by atoms with Crippen molar-refractivity contribution in [3.63, 3.8) is 0 Å². The van der Waals surface area contributed by atoms with Crippen LogP contribution >= 0.6 is 0 Å². The topological polar surface area (TPSA) is 114 Å². The minimum Gasteiger partial charge on any atom is -0.444 e. The lowest BCUT2D eigenvalue weighted by molar-refractivity contribution is -0.114. The van der Waals surface area contributed by atoms with Gasteiger partial charge in [-0.05, 0) is 82.6 Å². The van der Waals surface area contributed by atoms with Gasteiger partial charge in [0.2, 0.25) is 15.9 Å². The maximum Gasteiger partial charge on any atom is 0.407 e. The highest BCUT2D eigenvalue weighted by molar-refractivity contribution is 7.89. The fourth-order valence-corrected chi connectivity index (χ4v) is 4.53. The summed E-state index contributed by atoms with van der Waals surface area (Å²) in [5.41, 5.74) is 0.0446. The highest BCUT2D eigenvalue weighted by atomic mass is 32.2. The average Bonchev–Trinajstić information content (AvgIpc) is 2.64. The van der Waals surface area contributed by atoms with Gasteiger partial charge in [-0.25, -0.2) is 17.9 Å². The molecule has 0 radical (unpaired) electrons. The molecule has 2 rings (SSSR count). The number of hydrogen-bond donors (Lipinski definition) is 3. The van der Waals surface area contributed by atoms with Crippen LogP contribution in [0.5, 0.6) is 0 Å². The molecule has 1 aromatic carbocycles. The van der Waals surface area contributed by atoms with Gasteiger partial charge in [-0.2, -0.15) is 0 Å². The van der Waals surface area contributed by atoms with Gasteiger partial charge in [-0.15, -0.1) is 0 Å². The van der Waals surface area contributed by atoms with Crippen LogP contribution in [0.2, 0.25) is 0 Å². The van der Waals surface area contributed by atoms with Crippen LogP contribution < -0.4 is 15.4 Å². The van der Waals surface area contributed by atoms with E-state index in [-0.39, 0.29) is 16.7 Å². The highest BCUT2D eigenvalue weighted by Crippen LogP contribution is 2.28. The van der Waals surface area contributed by atoms with Gasteiger partial charge >= 0.3 is 6.09 Å². The second kappa shape index (κ2) is 10.3. The van der Waals surface area contributed by atoms with E-state index >= 15 is 0 Å². The molecule has 8 nitrogen and oxygen atoms in total. The maximum atomic E-state index is 12.5. The molecule has 0 aliphatic heterocycles. The lowest BCUT2D eigenvalue weighted by atomic mass is 9.82. The highest BCUT2D eigenvalue weighted by Gasteiger charge is 2.24. The number of nitrogens with one attached hydrogen (secondary N) is 3. The monoisotopic (exact) mass is 439 g/mol. The molecule has 1 fully saturated rings. The van der Waals surface area contributed by atoms with Crippen LogP contribution in [0.25, 0.3) is 0 Å². The molecule has 3 N–H and O–H groups in total. The standard InChI is InChI=1S/C21H33N3O5S/c1-15(25)24-18-9-11-19(12-10-18)30(27,28)23-14-17-7-5-16(6-8-17)13-22-20(26)29-21(2,3)4/h9-12,16-17,23H,5-8,13-14H2,1-4H3,(H,22,26)(H,24,25)/t16-,17-. The number of carbonyl (C=O) groups is 2. The Kier molecular flexibility index (Phi) is 8.25. The van der Waals surface area contributed by atoms with Crippen LogP contribution in [-0.2, 0) is 19.6 Å². The molecule has 0 saturated heterocycles. The molecule has 0 atom stereocenters. The molecule has 1 saturated carbocycles. The summed E-state index contributed by atoms with van der Waals surface area (Å²) < 4.78 is 32.9. The van der Waals surface area contributed by atoms with Crippen molar-refractivity contribution in [2.24, 2.45) is 11.8 Å². The number of hydrogen-bond acceptors (Lipinski definition) is 5. The summed E-state index contributed by atoms with van der Waals surface area (Å²) in [6, 6.07) is 6.09. The fourth-order valence-electron chi connectivity index (χ4n) is 3.41. The Morgan fingerprint density at radius 1 is 1.00 bits per heavy atom. The average molecular weight is 440 g/mol. The molecule has 30 heavy (non-hydrogen) atoms. The summed E-state index contributed by atoms with van der Waals surface area (Å²) in [6.07, 6.45) is 3.29. The van der Waals surface area contributed by atoms with Crippen LogP contribution in [0, 0.1) is 11.8 Å². The first-order valence-electron chi connectivity index (χ1n) is 10.3. The molecule has 1 aromatic rings. The third-order valence-electron chi connectivity index (χ3n) is 4.95. The largest absolute Gasteiger partial charge is 0.444 e. The van der Waals surface area contributed by atoms with Crippen molar-refractivity contribution in [3.05, 3.63) is 24.3 Å². The number of amides is 2. The van der Waals surface area contributed by atoms with Crippen molar-refractivity contribution in [1.82, 2.24) is 10.0 Å². The van der Waals surface area contributed by atoms with E-state index in [2.05, 4.69) is 15.4 Å². The van der Waals surface area contributed by atoms with E-state index in [1.165, 1.54) is 19.1 Å². The molecule has 168 valence electrons. The summed E-state index contributed by atoms with van der Waals surface area (Å²) in [5, 5.41) is 5.43. The van der Waals surface area contributed by atoms with Gasteiger partial charge in [-0.3, -0.25) is 4.79 Å². The number of anilines is 1. The normalized spacial score (nSPS) is 19.7. The van der Waals surface area contributed by atoms with E-state index in [1.54, 1.807) is 12.1 Å². The summed E-state index contributed by atoms with van der Waals surface area (Å²) >= 11 is 0. The van der Waals surface area contributed by atoms with E-state index in [9.17, 15) is 18.0 Å². The van der Waals surface area contributed by atoms with Gasteiger partial charge in [0.25, 0.3) is 0 Å². The van der Waals surface area contributed by atoms with Crippen molar-refractivity contribution in [2.75, 3.05) is 18.4 Å². The Morgan fingerprint density at radius 3 is 2.03 bits per heavy atom. The first-order chi connectivity index (χ1) is 13.9. The first kappa shape index (κ1) is 24.1. The van der Waals surface area contributed by atoms with E-state index in [1.807, 2.05) is 20.8 Å². The molecule has 1 aliphatic rings. The molecule has 0 aromatic heterocycles. The zero-order valence-electron chi connectivity index (χ0n) is 18.2. The third-order valence-corrected chi connectivity index (χ3v) is 6.39. The Hall–Kier alpha value is -2.13. The molecule has 0 heterocycles. The fraction of sp³-hybridized carbons (Fsp3) is 0.619. The Labute approximate surface area is 179 Å². The Morgan fingerprint density at radius 2 is 1.53 bits per heavy atom. The van der Waals surface area contributed by atoms with Crippen LogP contribution in [-0.4, -0.2) is 39.1 Å². The van der Waals surface area contributed by atoms with E-state index in [4.69, 9.17) is 4.74 Å². The smallest absolute Gasteiger partial charge is 0.407 e. The first-order valence-corrected chi connectivity index (χ1v) is 11.8. The number of benzene rings is 1. The van der Waals surface area contributed by atoms with Gasteiger partial charge in [0, 0.05) is 25.7 Å². The predicted molar refractivity (Wildman–Crippen MR) is 116 cm³/mol. The van der Waals surface area contributed by atoms with Gasteiger partial charge in [0.15, 0.2) is 0 Å². The van der Waals surface area contributed by atoms with E-state index in [0.717, 1.165) is 25.7 Å². The molecular formula is C21H33N3O5S. The molecular weight excluding hydrogens is 406 g/mol. The van der Waals surface area contributed by atoms with E-state index in [0.29, 0.717) is 24.7 Å². The minimum absolute atomic E-state index is 0.173. The SMILES string of the molecule is CC(=O)Nc1ccc(S(=O)(=O)NC[C@H]2CC[C@H](CNC(=O)OC(C)(C)C)CC2)cc1. The van der Waals surface area contributed by atoms with E-state index < -0.39 is 21.7 Å². The number of alkyl carbamates (subject to hydrolysis) is 1. The second-order valence-electron chi connectivity index (χ2n) is 8.83. The van der Waals surface area contributed by atoms with Crippen molar-refractivity contribution < 1.29 is 22.7 Å². The quantitative estimate of drug-likeness (QED) is 0.603. The molecule has 2 amide bonds. The Balaban J connectivity index is 1.74. The molecule has 0 spiro atoms. The summed E-state index contributed by atoms with van der Waals surface area (Å²) in [5.74, 6) is 0.448. The molecule has 0 bridgehead atoms. The zero-order valence-corrected chi connectivity index (χ0v) is 19.0. The summed E-state index contributed by atoms with van der Waals surface area (Å²) in [4.78, 5) is 23.0. The van der Waals surface area contributed by atoms with Crippen molar-refractivity contribution in [2.45, 2.75) is 63.9 Å². The Bertz CT molecular complexity index is 823. The number of carbonyl (C=O) groups excluding carboxylic acids is 2. The predicted octanol–water partition coefficient (Wildman–Crippen LogP) is 3.25.